The highest BCUT2D eigenvalue weighted by Gasteiger charge is 2.42. The summed E-state index contributed by atoms with van der Waals surface area (Å²) in [6.45, 7) is 4.64. The highest BCUT2D eigenvalue weighted by atomic mass is 19.4. The van der Waals surface area contributed by atoms with Crippen LogP contribution in [0.1, 0.15) is 34.1 Å². The molecule has 0 saturated heterocycles. The normalized spacial score (nSPS) is 14.1. The fraction of sp³-hybridized carbons (Fsp3) is 0.833. The van der Waals surface area contributed by atoms with Gasteiger partial charge in [-0.3, -0.25) is 9.59 Å². The number of amides is 1. The molecule has 0 radical (unpaired) electrons. The average molecular weight is 283 g/mol. The summed E-state index contributed by atoms with van der Waals surface area (Å²) in [6, 6.07) is 0. The van der Waals surface area contributed by atoms with Gasteiger partial charge in [-0.2, -0.15) is 13.2 Å². The van der Waals surface area contributed by atoms with Gasteiger partial charge in [0.05, 0.1) is 0 Å². The summed E-state index contributed by atoms with van der Waals surface area (Å²) >= 11 is 0. The van der Waals surface area contributed by atoms with Crippen LogP contribution in [0.25, 0.3) is 0 Å². The number of hydrogen-bond acceptors (Lipinski definition) is 2. The molecule has 0 fully saturated rings. The van der Waals surface area contributed by atoms with Crippen LogP contribution in [-0.4, -0.2) is 41.1 Å². The topological polar surface area (TPSA) is 57.6 Å². The first kappa shape index (κ1) is 17.7. The van der Waals surface area contributed by atoms with Crippen LogP contribution < -0.4 is 0 Å². The fourth-order valence-corrected chi connectivity index (χ4v) is 1.78. The first-order chi connectivity index (χ1) is 8.40. The van der Waals surface area contributed by atoms with E-state index in [9.17, 15) is 22.8 Å². The molecule has 0 heterocycles. The predicted octanol–water partition coefficient (Wildman–Crippen LogP) is 2.53. The molecule has 1 atom stereocenters. The molecule has 0 aromatic heterocycles. The monoisotopic (exact) mass is 283 g/mol. The Morgan fingerprint density at radius 2 is 1.68 bits per heavy atom. The van der Waals surface area contributed by atoms with E-state index >= 15 is 0 Å². The number of aliphatic carboxylic acids is 1. The lowest BCUT2D eigenvalue weighted by Crippen LogP contribution is -2.48. The molecule has 0 rings (SSSR count). The van der Waals surface area contributed by atoms with Crippen LogP contribution in [0.3, 0.4) is 0 Å². The molecule has 0 bridgehead atoms. The largest absolute Gasteiger partial charge is 0.481 e. The maximum absolute atomic E-state index is 12.4. The molecule has 1 unspecified atom stereocenters. The van der Waals surface area contributed by atoms with E-state index in [2.05, 4.69) is 0 Å². The molecule has 4 nitrogen and oxygen atoms in total. The van der Waals surface area contributed by atoms with Gasteiger partial charge in [0.1, 0.15) is 12.5 Å². The minimum atomic E-state index is -4.54. The van der Waals surface area contributed by atoms with E-state index in [1.165, 1.54) is 20.8 Å². The van der Waals surface area contributed by atoms with Crippen molar-refractivity contribution in [1.29, 1.82) is 0 Å². The number of hydrogen-bond donors (Lipinski definition) is 1. The third kappa shape index (κ3) is 5.94. The molecule has 7 heteroatoms. The van der Waals surface area contributed by atoms with Crippen LogP contribution in [-0.2, 0) is 9.59 Å². The van der Waals surface area contributed by atoms with Gasteiger partial charge in [0.25, 0.3) is 0 Å². The summed E-state index contributed by atoms with van der Waals surface area (Å²) in [5.74, 6) is -3.87. The fourth-order valence-electron chi connectivity index (χ4n) is 1.78. The molecule has 19 heavy (non-hydrogen) atoms. The number of rotatable bonds is 5. The van der Waals surface area contributed by atoms with Gasteiger partial charge in [-0.05, 0) is 11.8 Å². The van der Waals surface area contributed by atoms with Crippen molar-refractivity contribution in [3.63, 3.8) is 0 Å². The zero-order valence-electron chi connectivity index (χ0n) is 11.5. The van der Waals surface area contributed by atoms with E-state index < -0.39 is 35.9 Å². The molecule has 0 spiro atoms. The Kier molecular flexibility index (Phi) is 5.83. The highest BCUT2D eigenvalue weighted by molar-refractivity contribution is 5.97. The van der Waals surface area contributed by atoms with E-state index in [0.717, 1.165) is 0 Å². The van der Waals surface area contributed by atoms with Crippen molar-refractivity contribution in [3.05, 3.63) is 0 Å². The standard InChI is InChI=1S/C12H20F3NO3/c1-5-6-16(7-12(13,14)15)9(17)8(10(18)19)11(2,3)4/h8H,5-7H2,1-4H3,(H,18,19). The van der Waals surface area contributed by atoms with Gasteiger partial charge in [-0.25, -0.2) is 0 Å². The number of nitrogens with zero attached hydrogens (tertiary/aromatic N) is 1. The minimum Gasteiger partial charge on any atom is -0.481 e. The van der Waals surface area contributed by atoms with Gasteiger partial charge in [0.15, 0.2) is 0 Å². The molecule has 1 N–H and O–H groups in total. The summed E-state index contributed by atoms with van der Waals surface area (Å²) < 4.78 is 37.2. The maximum atomic E-state index is 12.4. The Hall–Kier alpha value is -1.27. The molecule has 1 amide bonds. The zero-order chi connectivity index (χ0) is 15.4. The van der Waals surface area contributed by atoms with Crippen molar-refractivity contribution in [1.82, 2.24) is 4.90 Å². The Morgan fingerprint density at radius 3 is 1.95 bits per heavy atom. The second-order valence-corrected chi connectivity index (χ2v) is 5.51. The second-order valence-electron chi connectivity index (χ2n) is 5.51. The van der Waals surface area contributed by atoms with Gasteiger partial charge in [0, 0.05) is 6.54 Å². The quantitative estimate of drug-likeness (QED) is 0.789. The number of carbonyl (C=O) groups excluding carboxylic acids is 1. The lowest BCUT2D eigenvalue weighted by molar-refractivity contribution is -0.171. The number of alkyl halides is 3. The summed E-state index contributed by atoms with van der Waals surface area (Å²) in [7, 11) is 0. The molecule has 0 aliphatic carbocycles. The lowest BCUT2D eigenvalue weighted by Gasteiger charge is -2.32. The third-order valence-corrected chi connectivity index (χ3v) is 2.54. The predicted molar refractivity (Wildman–Crippen MR) is 63.5 cm³/mol. The van der Waals surface area contributed by atoms with Gasteiger partial charge in [-0.15, -0.1) is 0 Å². The van der Waals surface area contributed by atoms with Crippen molar-refractivity contribution in [2.45, 2.75) is 40.3 Å². The second kappa shape index (κ2) is 6.25. The summed E-state index contributed by atoms with van der Waals surface area (Å²) in [4.78, 5) is 23.8. The summed E-state index contributed by atoms with van der Waals surface area (Å²) in [5, 5.41) is 9.07. The average Bonchev–Trinajstić information content (AvgIpc) is 2.11. The molecule has 0 aromatic carbocycles. The number of carboxylic acid groups (broad SMARTS) is 1. The summed E-state index contributed by atoms with van der Waals surface area (Å²) in [5.41, 5.74) is -0.944. The molecule has 0 aliphatic heterocycles. The van der Waals surface area contributed by atoms with E-state index in [1.807, 2.05) is 0 Å². The summed E-state index contributed by atoms with van der Waals surface area (Å²) in [6.07, 6.45) is -4.20. The Balaban J connectivity index is 5.21. The van der Waals surface area contributed by atoms with Gasteiger partial charge in [-0.1, -0.05) is 27.7 Å². The highest BCUT2D eigenvalue weighted by Crippen LogP contribution is 2.29. The Bertz CT molecular complexity index is 334. The SMILES string of the molecule is CCCN(CC(F)(F)F)C(=O)C(C(=O)O)C(C)(C)C. The Labute approximate surface area is 110 Å². The number of halogens is 3. The molecule has 112 valence electrons. The van der Waals surface area contributed by atoms with Crippen molar-refractivity contribution in [2.75, 3.05) is 13.1 Å². The molecule has 0 aromatic rings. The van der Waals surface area contributed by atoms with Crippen LogP contribution in [0, 0.1) is 11.3 Å². The van der Waals surface area contributed by atoms with Gasteiger partial charge >= 0.3 is 12.1 Å². The van der Waals surface area contributed by atoms with Crippen LogP contribution >= 0.6 is 0 Å². The number of carboxylic acids is 1. The number of carbonyl (C=O) groups is 2. The van der Waals surface area contributed by atoms with Crippen molar-refractivity contribution in [3.8, 4) is 0 Å². The van der Waals surface area contributed by atoms with E-state index in [4.69, 9.17) is 5.11 Å². The minimum absolute atomic E-state index is 0.113. The van der Waals surface area contributed by atoms with Gasteiger partial charge < -0.3 is 10.0 Å². The van der Waals surface area contributed by atoms with Crippen LogP contribution in [0.2, 0.25) is 0 Å². The van der Waals surface area contributed by atoms with Crippen LogP contribution in [0.4, 0.5) is 13.2 Å². The molecule has 0 aliphatic rings. The lowest BCUT2D eigenvalue weighted by atomic mass is 9.80. The first-order valence-corrected chi connectivity index (χ1v) is 5.98. The molecular weight excluding hydrogens is 263 g/mol. The first-order valence-electron chi connectivity index (χ1n) is 5.98. The molecular formula is C12H20F3NO3. The van der Waals surface area contributed by atoms with E-state index in [-0.39, 0.29) is 6.54 Å². The van der Waals surface area contributed by atoms with Crippen molar-refractivity contribution >= 4 is 11.9 Å². The van der Waals surface area contributed by atoms with E-state index in [0.29, 0.717) is 11.3 Å². The van der Waals surface area contributed by atoms with Crippen molar-refractivity contribution < 1.29 is 27.9 Å². The maximum Gasteiger partial charge on any atom is 0.406 e. The zero-order valence-corrected chi connectivity index (χ0v) is 11.5. The molecule has 0 saturated carbocycles. The van der Waals surface area contributed by atoms with Crippen LogP contribution in [0.15, 0.2) is 0 Å². The van der Waals surface area contributed by atoms with E-state index in [1.54, 1.807) is 6.92 Å². The van der Waals surface area contributed by atoms with Crippen molar-refractivity contribution in [2.24, 2.45) is 11.3 Å². The van der Waals surface area contributed by atoms with Gasteiger partial charge in [0.2, 0.25) is 5.91 Å². The Morgan fingerprint density at radius 1 is 1.21 bits per heavy atom. The van der Waals surface area contributed by atoms with Crippen LogP contribution in [0.5, 0.6) is 0 Å². The smallest absolute Gasteiger partial charge is 0.406 e. The third-order valence-electron chi connectivity index (χ3n) is 2.54.